The van der Waals surface area contributed by atoms with Crippen LogP contribution >= 0.6 is 0 Å². The Morgan fingerprint density at radius 1 is 1.62 bits per heavy atom. The highest BCUT2D eigenvalue weighted by Gasteiger charge is 2.25. The Labute approximate surface area is 75.9 Å². The normalized spacial score (nSPS) is 24.8. The van der Waals surface area contributed by atoms with Gasteiger partial charge in [-0.2, -0.15) is 8.78 Å². The summed E-state index contributed by atoms with van der Waals surface area (Å²) < 4.78 is 23.7. The zero-order valence-electron chi connectivity index (χ0n) is 7.52. The molecule has 1 aliphatic rings. The van der Waals surface area contributed by atoms with Gasteiger partial charge < -0.3 is 10.6 Å². The predicted octanol–water partition coefficient (Wildman–Crippen LogP) is 0.366. The average molecular weight is 192 g/mol. The summed E-state index contributed by atoms with van der Waals surface area (Å²) in [5, 5.41) is 5.41. The van der Waals surface area contributed by atoms with E-state index in [0.717, 1.165) is 19.5 Å². The lowest BCUT2D eigenvalue weighted by atomic mass is 10.0. The van der Waals surface area contributed by atoms with E-state index in [4.69, 9.17) is 0 Å². The molecule has 0 aromatic rings. The van der Waals surface area contributed by atoms with Crippen molar-refractivity contribution in [3.05, 3.63) is 0 Å². The summed E-state index contributed by atoms with van der Waals surface area (Å²) in [6, 6.07) is -0.170. The van der Waals surface area contributed by atoms with Crippen LogP contribution < -0.4 is 10.6 Å². The lowest BCUT2D eigenvalue weighted by molar-refractivity contribution is -0.132. The van der Waals surface area contributed by atoms with Gasteiger partial charge in [-0.25, -0.2) is 0 Å². The fourth-order valence-electron chi connectivity index (χ4n) is 1.51. The van der Waals surface area contributed by atoms with E-state index in [1.807, 2.05) is 0 Å². The number of amides is 1. The molecule has 0 radical (unpaired) electrons. The molecule has 2 unspecified atom stereocenters. The molecule has 76 valence electrons. The van der Waals surface area contributed by atoms with Gasteiger partial charge in [-0.3, -0.25) is 4.79 Å². The number of nitrogens with one attached hydrogen (secondary N) is 2. The molecule has 3 nitrogen and oxygen atoms in total. The van der Waals surface area contributed by atoms with Crippen LogP contribution in [0.4, 0.5) is 8.78 Å². The quantitative estimate of drug-likeness (QED) is 0.678. The van der Waals surface area contributed by atoms with Crippen molar-refractivity contribution in [2.24, 2.45) is 5.92 Å². The molecule has 2 N–H and O–H groups in total. The second-order valence-electron chi connectivity index (χ2n) is 3.35. The number of carbonyl (C=O) groups excluding carboxylic acids is 1. The van der Waals surface area contributed by atoms with E-state index in [-0.39, 0.29) is 12.0 Å². The summed E-state index contributed by atoms with van der Waals surface area (Å²) >= 11 is 0. The van der Waals surface area contributed by atoms with Gasteiger partial charge in [0.2, 0.25) is 0 Å². The first kappa shape index (κ1) is 10.4. The minimum absolute atomic E-state index is 0.170. The van der Waals surface area contributed by atoms with Crippen LogP contribution in [0.1, 0.15) is 13.3 Å². The SMILES string of the molecule is CC(NC(=O)C(F)F)C1CCNC1. The van der Waals surface area contributed by atoms with Crippen molar-refractivity contribution in [3.8, 4) is 0 Å². The maximum atomic E-state index is 11.8. The van der Waals surface area contributed by atoms with Crippen LogP contribution in [0.2, 0.25) is 0 Å². The van der Waals surface area contributed by atoms with Crippen molar-refractivity contribution in [1.29, 1.82) is 0 Å². The van der Waals surface area contributed by atoms with E-state index in [2.05, 4.69) is 10.6 Å². The standard InChI is InChI=1S/C8H14F2N2O/c1-5(6-2-3-11-4-6)12-8(13)7(9)10/h5-7,11H,2-4H2,1H3,(H,12,13). The van der Waals surface area contributed by atoms with Gasteiger partial charge in [0, 0.05) is 6.04 Å². The van der Waals surface area contributed by atoms with Crippen molar-refractivity contribution in [3.63, 3.8) is 0 Å². The molecule has 0 bridgehead atoms. The number of halogens is 2. The molecule has 1 fully saturated rings. The van der Waals surface area contributed by atoms with Gasteiger partial charge in [-0.1, -0.05) is 0 Å². The second kappa shape index (κ2) is 4.50. The molecule has 0 aliphatic carbocycles. The topological polar surface area (TPSA) is 41.1 Å². The summed E-state index contributed by atoms with van der Waals surface area (Å²) in [6.45, 7) is 3.46. The third-order valence-electron chi connectivity index (χ3n) is 2.37. The summed E-state index contributed by atoms with van der Waals surface area (Å²) in [5.74, 6) is -0.887. The van der Waals surface area contributed by atoms with Gasteiger partial charge in [0.1, 0.15) is 0 Å². The molecule has 1 saturated heterocycles. The number of hydrogen-bond donors (Lipinski definition) is 2. The third kappa shape index (κ3) is 2.91. The summed E-state index contributed by atoms with van der Waals surface area (Å²) in [6.07, 6.45) is -1.97. The lowest BCUT2D eigenvalue weighted by Gasteiger charge is -2.19. The number of alkyl halides is 2. The first-order valence-corrected chi connectivity index (χ1v) is 4.40. The van der Waals surface area contributed by atoms with E-state index < -0.39 is 12.3 Å². The van der Waals surface area contributed by atoms with Crippen LogP contribution in [0, 0.1) is 5.92 Å². The fraction of sp³-hybridized carbons (Fsp3) is 0.875. The first-order chi connectivity index (χ1) is 6.11. The molecule has 5 heteroatoms. The van der Waals surface area contributed by atoms with Crippen LogP contribution in [0.5, 0.6) is 0 Å². The second-order valence-corrected chi connectivity index (χ2v) is 3.35. The molecular weight excluding hydrogens is 178 g/mol. The zero-order valence-corrected chi connectivity index (χ0v) is 7.52. The Bertz CT molecular complexity index is 181. The van der Waals surface area contributed by atoms with Gasteiger partial charge in [0.05, 0.1) is 0 Å². The van der Waals surface area contributed by atoms with Crippen LogP contribution in [0.25, 0.3) is 0 Å². The van der Waals surface area contributed by atoms with Gasteiger partial charge in [-0.05, 0) is 32.4 Å². The Hall–Kier alpha value is -0.710. The molecule has 1 heterocycles. The molecule has 1 amide bonds. The van der Waals surface area contributed by atoms with Crippen LogP contribution in [0.15, 0.2) is 0 Å². The van der Waals surface area contributed by atoms with Crippen LogP contribution in [-0.4, -0.2) is 31.5 Å². The number of carbonyl (C=O) groups is 1. The van der Waals surface area contributed by atoms with E-state index in [9.17, 15) is 13.6 Å². The van der Waals surface area contributed by atoms with E-state index >= 15 is 0 Å². The molecule has 1 aliphatic heterocycles. The van der Waals surface area contributed by atoms with E-state index in [1.54, 1.807) is 6.92 Å². The number of hydrogen-bond acceptors (Lipinski definition) is 2. The lowest BCUT2D eigenvalue weighted by Crippen LogP contribution is -2.41. The first-order valence-electron chi connectivity index (χ1n) is 4.40. The van der Waals surface area contributed by atoms with Crippen LogP contribution in [0.3, 0.4) is 0 Å². The van der Waals surface area contributed by atoms with Crippen molar-refractivity contribution in [1.82, 2.24) is 10.6 Å². The van der Waals surface area contributed by atoms with Crippen molar-refractivity contribution >= 4 is 5.91 Å². The molecule has 0 spiro atoms. The van der Waals surface area contributed by atoms with Gasteiger partial charge in [-0.15, -0.1) is 0 Å². The molecule has 0 aromatic carbocycles. The molecule has 13 heavy (non-hydrogen) atoms. The Balaban J connectivity index is 2.31. The molecule has 0 saturated carbocycles. The zero-order chi connectivity index (χ0) is 9.84. The maximum absolute atomic E-state index is 11.8. The summed E-state index contributed by atoms with van der Waals surface area (Å²) in [5.41, 5.74) is 0. The van der Waals surface area contributed by atoms with Gasteiger partial charge in [0.15, 0.2) is 0 Å². The van der Waals surface area contributed by atoms with Crippen molar-refractivity contribution in [2.45, 2.75) is 25.8 Å². The van der Waals surface area contributed by atoms with Crippen molar-refractivity contribution in [2.75, 3.05) is 13.1 Å². The third-order valence-corrected chi connectivity index (χ3v) is 2.37. The molecule has 2 atom stereocenters. The van der Waals surface area contributed by atoms with Crippen LogP contribution in [-0.2, 0) is 4.79 Å². The van der Waals surface area contributed by atoms with Gasteiger partial charge in [0.25, 0.3) is 5.91 Å². The largest absolute Gasteiger partial charge is 0.348 e. The molecule has 0 aromatic heterocycles. The highest BCUT2D eigenvalue weighted by molar-refractivity contribution is 5.79. The maximum Gasteiger partial charge on any atom is 0.315 e. The fourth-order valence-corrected chi connectivity index (χ4v) is 1.51. The minimum atomic E-state index is -2.91. The van der Waals surface area contributed by atoms with Gasteiger partial charge >= 0.3 is 6.43 Å². The predicted molar refractivity (Wildman–Crippen MR) is 44.6 cm³/mol. The van der Waals surface area contributed by atoms with E-state index in [0.29, 0.717) is 0 Å². The Morgan fingerprint density at radius 2 is 2.31 bits per heavy atom. The molecular formula is C8H14F2N2O. The smallest absolute Gasteiger partial charge is 0.315 e. The Morgan fingerprint density at radius 3 is 2.77 bits per heavy atom. The summed E-state index contributed by atoms with van der Waals surface area (Å²) in [4.78, 5) is 10.6. The summed E-state index contributed by atoms with van der Waals surface area (Å²) in [7, 11) is 0. The molecule has 1 rings (SSSR count). The van der Waals surface area contributed by atoms with E-state index in [1.165, 1.54) is 0 Å². The highest BCUT2D eigenvalue weighted by Crippen LogP contribution is 2.12. The van der Waals surface area contributed by atoms with Crippen molar-refractivity contribution < 1.29 is 13.6 Å². The monoisotopic (exact) mass is 192 g/mol. The average Bonchev–Trinajstić information content (AvgIpc) is 2.55. The number of rotatable bonds is 3. The highest BCUT2D eigenvalue weighted by atomic mass is 19.3. The Kier molecular flexibility index (Phi) is 3.59. The minimum Gasteiger partial charge on any atom is -0.348 e.